The second kappa shape index (κ2) is 8.89. The van der Waals surface area contributed by atoms with Crippen molar-refractivity contribution in [3.63, 3.8) is 0 Å². The molecule has 4 aromatic rings. The normalized spacial score (nSPS) is 12.3. The Bertz CT molecular complexity index is 1220. The van der Waals surface area contributed by atoms with Crippen LogP contribution in [0.15, 0.2) is 66.1 Å². The number of aromatic nitrogens is 4. The molecule has 0 radical (unpaired) electrons. The Morgan fingerprint density at radius 1 is 1.03 bits per heavy atom. The molecule has 1 amide bonds. The van der Waals surface area contributed by atoms with Gasteiger partial charge in [0, 0.05) is 5.69 Å². The van der Waals surface area contributed by atoms with Crippen LogP contribution in [-0.4, -0.2) is 30.9 Å². The van der Waals surface area contributed by atoms with E-state index in [-0.39, 0.29) is 11.2 Å². The standard InChI is InChI=1S/C24H25N5OS/c1-15(2)19-12-8-9-16(3)21(19)28-23(30)17(4)31-24-20-13-27-29(22(20)25-14-26-24)18-10-6-5-7-11-18/h5-15,17H,1-4H3,(H,28,30). The first-order valence-electron chi connectivity index (χ1n) is 10.3. The van der Waals surface area contributed by atoms with Gasteiger partial charge in [-0.25, -0.2) is 14.6 Å². The van der Waals surface area contributed by atoms with E-state index in [0.717, 1.165) is 38.6 Å². The molecule has 0 bridgehead atoms. The molecule has 31 heavy (non-hydrogen) atoms. The number of nitrogens with one attached hydrogen (secondary N) is 1. The third-order valence-corrected chi connectivity index (χ3v) is 6.28. The van der Waals surface area contributed by atoms with Crippen LogP contribution in [0.3, 0.4) is 0 Å². The molecule has 1 atom stereocenters. The Morgan fingerprint density at radius 2 is 1.81 bits per heavy atom. The van der Waals surface area contributed by atoms with Gasteiger partial charge in [0.1, 0.15) is 11.4 Å². The van der Waals surface area contributed by atoms with Gasteiger partial charge in [-0.3, -0.25) is 4.79 Å². The highest BCUT2D eigenvalue weighted by Crippen LogP contribution is 2.31. The zero-order chi connectivity index (χ0) is 22.0. The second-order valence-corrected chi connectivity index (χ2v) is 9.08. The van der Waals surface area contributed by atoms with E-state index >= 15 is 0 Å². The summed E-state index contributed by atoms with van der Waals surface area (Å²) in [6, 6.07) is 16.0. The summed E-state index contributed by atoms with van der Waals surface area (Å²) in [5.74, 6) is 0.270. The molecule has 6 nitrogen and oxygen atoms in total. The van der Waals surface area contributed by atoms with E-state index in [2.05, 4.69) is 40.3 Å². The van der Waals surface area contributed by atoms with Crippen molar-refractivity contribution < 1.29 is 4.79 Å². The summed E-state index contributed by atoms with van der Waals surface area (Å²) in [4.78, 5) is 21.9. The lowest BCUT2D eigenvalue weighted by Gasteiger charge is -2.18. The van der Waals surface area contributed by atoms with Gasteiger partial charge in [0.25, 0.3) is 0 Å². The molecule has 7 heteroatoms. The first kappa shape index (κ1) is 21.1. The molecule has 4 rings (SSSR count). The van der Waals surface area contributed by atoms with E-state index < -0.39 is 0 Å². The highest BCUT2D eigenvalue weighted by molar-refractivity contribution is 8.00. The minimum Gasteiger partial charge on any atom is -0.325 e. The quantitative estimate of drug-likeness (QED) is 0.328. The van der Waals surface area contributed by atoms with Gasteiger partial charge in [0.15, 0.2) is 5.65 Å². The average molecular weight is 432 g/mol. The molecule has 2 aromatic carbocycles. The van der Waals surface area contributed by atoms with Crippen molar-refractivity contribution >= 4 is 34.4 Å². The summed E-state index contributed by atoms with van der Waals surface area (Å²) in [5, 5.41) is 8.86. The number of carbonyl (C=O) groups is 1. The Kier molecular flexibility index (Phi) is 6.04. The molecule has 0 spiro atoms. The van der Waals surface area contributed by atoms with Crippen molar-refractivity contribution in [2.45, 2.75) is 43.9 Å². The number of aryl methyl sites for hydroxylation is 1. The zero-order valence-corrected chi connectivity index (χ0v) is 18.9. The molecule has 2 heterocycles. The SMILES string of the molecule is Cc1cccc(C(C)C)c1NC(=O)C(C)Sc1ncnc2c1cnn2-c1ccccc1. The van der Waals surface area contributed by atoms with Crippen LogP contribution in [0.2, 0.25) is 0 Å². The maximum Gasteiger partial charge on any atom is 0.237 e. The average Bonchev–Trinajstić information content (AvgIpc) is 3.20. The number of para-hydroxylation sites is 2. The summed E-state index contributed by atoms with van der Waals surface area (Å²) in [6.07, 6.45) is 3.28. The Balaban J connectivity index is 1.58. The van der Waals surface area contributed by atoms with Gasteiger partial charge in [0.05, 0.1) is 22.5 Å². The lowest BCUT2D eigenvalue weighted by atomic mass is 9.98. The van der Waals surface area contributed by atoms with Crippen LogP contribution >= 0.6 is 11.8 Å². The number of fused-ring (bicyclic) bond motifs is 1. The minimum absolute atomic E-state index is 0.0524. The van der Waals surface area contributed by atoms with Gasteiger partial charge < -0.3 is 5.32 Å². The van der Waals surface area contributed by atoms with Crippen LogP contribution in [0.1, 0.15) is 37.8 Å². The second-order valence-electron chi connectivity index (χ2n) is 7.75. The van der Waals surface area contributed by atoms with Gasteiger partial charge in [-0.05, 0) is 43.0 Å². The van der Waals surface area contributed by atoms with Crippen LogP contribution in [-0.2, 0) is 4.79 Å². The molecule has 0 saturated carbocycles. The van der Waals surface area contributed by atoms with Gasteiger partial charge in [-0.15, -0.1) is 0 Å². The van der Waals surface area contributed by atoms with E-state index in [4.69, 9.17) is 0 Å². The van der Waals surface area contributed by atoms with Crippen LogP contribution in [0.25, 0.3) is 16.7 Å². The predicted octanol–water partition coefficient (Wildman–Crippen LogP) is 5.37. The monoisotopic (exact) mass is 431 g/mol. The third-order valence-electron chi connectivity index (χ3n) is 5.16. The molecule has 1 N–H and O–H groups in total. The molecule has 0 aliphatic heterocycles. The fourth-order valence-corrected chi connectivity index (χ4v) is 4.34. The first-order valence-corrected chi connectivity index (χ1v) is 11.1. The largest absolute Gasteiger partial charge is 0.325 e. The number of carbonyl (C=O) groups excluding carboxylic acids is 1. The highest BCUT2D eigenvalue weighted by atomic mass is 32.2. The van der Waals surface area contributed by atoms with Crippen molar-refractivity contribution in [3.05, 3.63) is 72.2 Å². The summed E-state index contributed by atoms with van der Waals surface area (Å²) in [5.41, 5.74) is 4.75. The summed E-state index contributed by atoms with van der Waals surface area (Å²) < 4.78 is 1.79. The molecule has 0 fully saturated rings. The van der Waals surface area contributed by atoms with Crippen LogP contribution in [0.4, 0.5) is 5.69 Å². The van der Waals surface area contributed by atoms with Gasteiger partial charge in [0.2, 0.25) is 5.91 Å². The minimum atomic E-state index is -0.335. The van der Waals surface area contributed by atoms with Crippen LogP contribution in [0.5, 0.6) is 0 Å². The third kappa shape index (κ3) is 4.32. The smallest absolute Gasteiger partial charge is 0.237 e. The zero-order valence-electron chi connectivity index (χ0n) is 18.0. The van der Waals surface area contributed by atoms with Crippen molar-refractivity contribution in [3.8, 4) is 5.69 Å². The predicted molar refractivity (Wildman–Crippen MR) is 126 cm³/mol. The van der Waals surface area contributed by atoms with E-state index in [1.807, 2.05) is 56.3 Å². The van der Waals surface area contributed by atoms with Crippen molar-refractivity contribution in [2.75, 3.05) is 5.32 Å². The first-order chi connectivity index (χ1) is 15.0. The van der Waals surface area contributed by atoms with Gasteiger partial charge in [-0.1, -0.05) is 62.0 Å². The topological polar surface area (TPSA) is 72.7 Å². The summed E-state index contributed by atoms with van der Waals surface area (Å²) in [7, 11) is 0. The maximum atomic E-state index is 13.0. The Hall–Kier alpha value is -3.19. The molecule has 0 saturated heterocycles. The number of benzene rings is 2. The van der Waals surface area contributed by atoms with Gasteiger partial charge in [-0.2, -0.15) is 5.10 Å². The number of nitrogens with zero attached hydrogens (tertiary/aromatic N) is 4. The molecule has 2 aromatic heterocycles. The molecular weight excluding hydrogens is 406 g/mol. The fourth-order valence-electron chi connectivity index (χ4n) is 3.46. The molecule has 0 aliphatic carbocycles. The Morgan fingerprint density at radius 3 is 2.55 bits per heavy atom. The van der Waals surface area contributed by atoms with E-state index in [1.54, 1.807) is 10.9 Å². The number of hydrogen-bond acceptors (Lipinski definition) is 5. The fraction of sp³-hybridized carbons (Fsp3) is 0.250. The van der Waals surface area contributed by atoms with E-state index in [1.165, 1.54) is 18.1 Å². The number of hydrogen-bond donors (Lipinski definition) is 1. The molecule has 1 unspecified atom stereocenters. The van der Waals surface area contributed by atoms with Crippen LogP contribution < -0.4 is 5.32 Å². The number of thioether (sulfide) groups is 1. The summed E-state index contributed by atoms with van der Waals surface area (Å²) in [6.45, 7) is 8.17. The number of rotatable bonds is 6. The number of anilines is 1. The Labute approximate surface area is 186 Å². The van der Waals surface area contributed by atoms with E-state index in [9.17, 15) is 4.79 Å². The van der Waals surface area contributed by atoms with Crippen LogP contribution in [0, 0.1) is 6.92 Å². The van der Waals surface area contributed by atoms with Crippen molar-refractivity contribution in [1.29, 1.82) is 0 Å². The van der Waals surface area contributed by atoms with Gasteiger partial charge >= 0.3 is 0 Å². The maximum absolute atomic E-state index is 13.0. The van der Waals surface area contributed by atoms with Crippen molar-refractivity contribution in [2.24, 2.45) is 0 Å². The van der Waals surface area contributed by atoms with Crippen molar-refractivity contribution in [1.82, 2.24) is 19.7 Å². The lowest BCUT2D eigenvalue weighted by Crippen LogP contribution is -2.24. The lowest BCUT2D eigenvalue weighted by molar-refractivity contribution is -0.115. The number of amides is 1. The molecule has 0 aliphatic rings. The highest BCUT2D eigenvalue weighted by Gasteiger charge is 2.21. The molecule has 158 valence electrons. The molecular formula is C24H25N5OS. The van der Waals surface area contributed by atoms with E-state index in [0.29, 0.717) is 5.92 Å². The summed E-state index contributed by atoms with van der Waals surface area (Å²) >= 11 is 1.41.